The van der Waals surface area contributed by atoms with Crippen molar-refractivity contribution in [2.45, 2.75) is 81.2 Å². The Labute approximate surface area is 116 Å². The van der Waals surface area contributed by atoms with Gasteiger partial charge in [0.1, 0.15) is 0 Å². The number of fused-ring (bicyclic) bond motifs is 2. The second kappa shape index (κ2) is 5.34. The van der Waals surface area contributed by atoms with Crippen molar-refractivity contribution in [2.24, 2.45) is 0 Å². The normalized spacial score (nSPS) is 37.6. The van der Waals surface area contributed by atoms with Crippen molar-refractivity contribution in [1.29, 1.82) is 0 Å². The van der Waals surface area contributed by atoms with Crippen LogP contribution in [-0.2, 0) is 14.8 Å². The van der Waals surface area contributed by atoms with Gasteiger partial charge in [-0.15, -0.1) is 0 Å². The van der Waals surface area contributed by atoms with E-state index in [1.165, 1.54) is 6.42 Å². The van der Waals surface area contributed by atoms with E-state index < -0.39 is 10.0 Å². The van der Waals surface area contributed by atoms with Gasteiger partial charge in [-0.25, -0.2) is 8.42 Å². The molecular weight excluding hydrogens is 262 g/mol. The fraction of sp³-hybridized carbons (Fsp3) is 1.00. The van der Waals surface area contributed by atoms with E-state index in [0.717, 1.165) is 51.4 Å². The van der Waals surface area contributed by atoms with E-state index in [1.54, 1.807) is 7.11 Å². The van der Waals surface area contributed by atoms with Crippen LogP contribution in [0, 0.1) is 0 Å². The van der Waals surface area contributed by atoms with Crippen molar-refractivity contribution in [3.63, 3.8) is 0 Å². The molecular formula is C14H25NO3S. The number of hydrogen-bond donors (Lipinski definition) is 0. The van der Waals surface area contributed by atoms with Crippen molar-refractivity contribution in [1.82, 2.24) is 4.31 Å². The summed E-state index contributed by atoms with van der Waals surface area (Å²) in [4.78, 5) is 0. The molecule has 3 aliphatic rings. The van der Waals surface area contributed by atoms with E-state index in [4.69, 9.17) is 4.74 Å². The third kappa shape index (κ3) is 2.45. The number of piperidine rings is 1. The van der Waals surface area contributed by atoms with Crippen LogP contribution in [0.1, 0.15) is 57.8 Å². The minimum Gasteiger partial charge on any atom is -0.381 e. The summed E-state index contributed by atoms with van der Waals surface area (Å²) in [5, 5.41) is -0.108. The Bertz CT molecular complexity index is 402. The zero-order valence-corrected chi connectivity index (χ0v) is 12.6. The van der Waals surface area contributed by atoms with Gasteiger partial charge in [0, 0.05) is 19.2 Å². The SMILES string of the molecule is COC1CC2CCC(C1)N2S(=O)(=O)C1CCCCC1. The van der Waals surface area contributed by atoms with E-state index in [9.17, 15) is 8.42 Å². The van der Waals surface area contributed by atoms with Crippen LogP contribution in [-0.4, -0.2) is 43.3 Å². The molecule has 0 N–H and O–H groups in total. The minimum absolute atomic E-state index is 0.108. The maximum Gasteiger partial charge on any atom is 0.217 e. The molecule has 0 spiro atoms. The van der Waals surface area contributed by atoms with Crippen LogP contribution in [0.2, 0.25) is 0 Å². The molecule has 110 valence electrons. The van der Waals surface area contributed by atoms with Gasteiger partial charge >= 0.3 is 0 Å². The molecule has 19 heavy (non-hydrogen) atoms. The number of ether oxygens (including phenoxy) is 1. The lowest BCUT2D eigenvalue weighted by Gasteiger charge is -2.39. The predicted molar refractivity (Wildman–Crippen MR) is 74.5 cm³/mol. The van der Waals surface area contributed by atoms with Crippen molar-refractivity contribution < 1.29 is 13.2 Å². The van der Waals surface area contributed by atoms with Crippen LogP contribution < -0.4 is 0 Å². The highest BCUT2D eigenvalue weighted by Crippen LogP contribution is 2.41. The summed E-state index contributed by atoms with van der Waals surface area (Å²) in [6.07, 6.45) is 9.17. The fourth-order valence-corrected chi connectivity index (χ4v) is 6.71. The highest BCUT2D eigenvalue weighted by atomic mass is 32.2. The molecule has 3 rings (SSSR count). The molecule has 0 aromatic rings. The highest BCUT2D eigenvalue weighted by Gasteiger charge is 2.48. The molecule has 1 saturated carbocycles. The Morgan fingerprint density at radius 3 is 2.05 bits per heavy atom. The molecule has 2 aliphatic heterocycles. The van der Waals surface area contributed by atoms with Crippen LogP contribution >= 0.6 is 0 Å². The lowest BCUT2D eigenvalue weighted by Crippen LogP contribution is -2.51. The second-order valence-corrected chi connectivity index (χ2v) is 8.47. The number of sulfonamides is 1. The van der Waals surface area contributed by atoms with Gasteiger partial charge in [0.25, 0.3) is 0 Å². The van der Waals surface area contributed by atoms with E-state index in [-0.39, 0.29) is 23.4 Å². The summed E-state index contributed by atoms with van der Waals surface area (Å²) in [5.74, 6) is 0. The summed E-state index contributed by atoms with van der Waals surface area (Å²) < 4.78 is 33.1. The molecule has 0 aromatic heterocycles. The van der Waals surface area contributed by atoms with E-state index >= 15 is 0 Å². The van der Waals surface area contributed by atoms with Gasteiger partial charge in [0.15, 0.2) is 0 Å². The summed E-state index contributed by atoms with van der Waals surface area (Å²) in [7, 11) is -1.33. The van der Waals surface area contributed by atoms with Crippen LogP contribution in [0.4, 0.5) is 0 Å². The first-order valence-electron chi connectivity index (χ1n) is 7.68. The van der Waals surface area contributed by atoms with Gasteiger partial charge in [-0.1, -0.05) is 19.3 Å². The Kier molecular flexibility index (Phi) is 3.89. The Morgan fingerprint density at radius 1 is 0.947 bits per heavy atom. The molecule has 2 unspecified atom stereocenters. The van der Waals surface area contributed by atoms with Crippen molar-refractivity contribution >= 4 is 10.0 Å². The summed E-state index contributed by atoms with van der Waals surface area (Å²) >= 11 is 0. The average Bonchev–Trinajstić information content (AvgIpc) is 2.72. The van der Waals surface area contributed by atoms with Crippen LogP contribution in [0.15, 0.2) is 0 Å². The fourth-order valence-electron chi connectivity index (χ4n) is 4.23. The van der Waals surface area contributed by atoms with Gasteiger partial charge in [0.2, 0.25) is 10.0 Å². The van der Waals surface area contributed by atoms with Gasteiger partial charge in [-0.3, -0.25) is 0 Å². The molecule has 1 aliphatic carbocycles. The van der Waals surface area contributed by atoms with Gasteiger partial charge in [-0.05, 0) is 38.5 Å². The van der Waals surface area contributed by atoms with Gasteiger partial charge in [0.05, 0.1) is 11.4 Å². The Hall–Kier alpha value is -0.130. The molecule has 2 bridgehead atoms. The summed E-state index contributed by atoms with van der Waals surface area (Å²) in [5.41, 5.74) is 0. The molecule has 2 heterocycles. The van der Waals surface area contributed by atoms with Gasteiger partial charge < -0.3 is 4.74 Å². The van der Waals surface area contributed by atoms with E-state index in [2.05, 4.69) is 0 Å². The highest BCUT2D eigenvalue weighted by molar-refractivity contribution is 7.89. The molecule has 0 amide bonds. The van der Waals surface area contributed by atoms with Crippen molar-refractivity contribution in [3.05, 3.63) is 0 Å². The maximum absolute atomic E-state index is 12.9. The third-order valence-electron chi connectivity index (χ3n) is 5.22. The summed E-state index contributed by atoms with van der Waals surface area (Å²) in [6.45, 7) is 0. The van der Waals surface area contributed by atoms with Crippen LogP contribution in [0.3, 0.4) is 0 Å². The molecule has 5 heteroatoms. The molecule has 2 saturated heterocycles. The van der Waals surface area contributed by atoms with Crippen LogP contribution in [0.5, 0.6) is 0 Å². The van der Waals surface area contributed by atoms with E-state index in [1.807, 2.05) is 4.31 Å². The summed E-state index contributed by atoms with van der Waals surface area (Å²) in [6, 6.07) is 0.409. The zero-order chi connectivity index (χ0) is 13.5. The smallest absolute Gasteiger partial charge is 0.217 e. The Balaban J connectivity index is 1.78. The quantitative estimate of drug-likeness (QED) is 0.800. The standard InChI is InChI=1S/C14H25NO3S/c1-18-13-9-11-7-8-12(10-13)15(11)19(16,17)14-5-3-2-4-6-14/h11-14H,2-10H2,1H3. The molecule has 2 atom stereocenters. The van der Waals surface area contributed by atoms with Gasteiger partial charge in [-0.2, -0.15) is 4.31 Å². The third-order valence-corrected chi connectivity index (χ3v) is 7.72. The average molecular weight is 287 g/mol. The monoisotopic (exact) mass is 287 g/mol. The van der Waals surface area contributed by atoms with Crippen LogP contribution in [0.25, 0.3) is 0 Å². The number of methoxy groups -OCH3 is 1. The topological polar surface area (TPSA) is 46.6 Å². The largest absolute Gasteiger partial charge is 0.381 e. The molecule has 0 radical (unpaired) electrons. The first-order chi connectivity index (χ1) is 9.13. The first kappa shape index (κ1) is 13.8. The number of hydrogen-bond acceptors (Lipinski definition) is 3. The van der Waals surface area contributed by atoms with E-state index in [0.29, 0.717) is 0 Å². The molecule has 0 aromatic carbocycles. The predicted octanol–water partition coefficient (Wildman–Crippen LogP) is 2.29. The number of rotatable bonds is 3. The lowest BCUT2D eigenvalue weighted by molar-refractivity contribution is 0.0345. The molecule has 4 nitrogen and oxygen atoms in total. The number of nitrogens with zero attached hydrogens (tertiary/aromatic N) is 1. The zero-order valence-electron chi connectivity index (χ0n) is 11.8. The van der Waals surface area contributed by atoms with Crippen molar-refractivity contribution in [2.75, 3.05) is 7.11 Å². The maximum atomic E-state index is 12.9. The second-order valence-electron chi connectivity index (χ2n) is 6.35. The molecule has 3 fully saturated rings. The first-order valence-corrected chi connectivity index (χ1v) is 9.18. The Morgan fingerprint density at radius 2 is 1.53 bits per heavy atom. The minimum atomic E-state index is -3.07. The lowest BCUT2D eigenvalue weighted by atomic mass is 10.0. The van der Waals surface area contributed by atoms with Crippen molar-refractivity contribution in [3.8, 4) is 0 Å².